The Morgan fingerprint density at radius 3 is 2.53 bits per heavy atom. The Balaban J connectivity index is 2.23. The van der Waals surface area contributed by atoms with Crippen LogP contribution in [0.2, 0.25) is 0 Å². The number of halogens is 1. The van der Waals surface area contributed by atoms with E-state index in [4.69, 9.17) is 16.3 Å². The largest absolute Gasteiger partial charge is 0.453 e. The Labute approximate surface area is 116 Å². The predicted octanol–water partition coefficient (Wildman–Crippen LogP) is 2.83. The van der Waals surface area contributed by atoms with Gasteiger partial charge in [-0.25, -0.2) is 4.79 Å². The Morgan fingerprint density at radius 2 is 1.84 bits per heavy atom. The first kappa shape index (κ1) is 12.4. The molecular weight excluding hydrogens is 264 g/mol. The van der Waals surface area contributed by atoms with Crippen LogP contribution in [0.15, 0.2) is 45.0 Å². The number of hydrogen-bond donors (Lipinski definition) is 0. The number of carbonyl (C=O) groups is 2. The first-order chi connectivity index (χ1) is 8.93. The van der Waals surface area contributed by atoms with Crippen LogP contribution >= 0.6 is 11.6 Å². The van der Waals surface area contributed by atoms with Gasteiger partial charge in [0.1, 0.15) is 6.10 Å². The van der Waals surface area contributed by atoms with Crippen LogP contribution in [0, 0.1) is 5.92 Å². The van der Waals surface area contributed by atoms with Gasteiger partial charge in [-0.05, 0) is 31.9 Å². The van der Waals surface area contributed by atoms with E-state index in [0.717, 1.165) is 16.7 Å². The molecule has 1 heterocycles. The van der Waals surface area contributed by atoms with Gasteiger partial charge in [0, 0.05) is 16.7 Å². The fourth-order valence-corrected chi connectivity index (χ4v) is 3.18. The third kappa shape index (κ3) is 1.51. The molecule has 0 saturated carbocycles. The van der Waals surface area contributed by atoms with Crippen molar-refractivity contribution >= 4 is 23.4 Å². The summed E-state index contributed by atoms with van der Waals surface area (Å²) in [6, 6.07) is 0. The minimum atomic E-state index is -0.420. The van der Waals surface area contributed by atoms with Crippen molar-refractivity contribution in [1.82, 2.24) is 0 Å². The van der Waals surface area contributed by atoms with Crippen molar-refractivity contribution in [2.24, 2.45) is 5.92 Å². The summed E-state index contributed by atoms with van der Waals surface area (Å²) in [6.45, 7) is 5.47. The minimum Gasteiger partial charge on any atom is -0.453 e. The summed E-state index contributed by atoms with van der Waals surface area (Å²) < 4.78 is 5.44. The number of ether oxygens (including phenoxy) is 1. The van der Waals surface area contributed by atoms with Gasteiger partial charge in [0.25, 0.3) is 0 Å². The van der Waals surface area contributed by atoms with Gasteiger partial charge in [-0.1, -0.05) is 23.8 Å². The zero-order valence-corrected chi connectivity index (χ0v) is 11.7. The molecule has 3 rings (SSSR count). The first-order valence-corrected chi connectivity index (χ1v) is 6.53. The van der Waals surface area contributed by atoms with Gasteiger partial charge in [0.15, 0.2) is 0 Å². The van der Waals surface area contributed by atoms with Gasteiger partial charge in [-0.15, -0.1) is 0 Å². The molecule has 0 spiro atoms. The van der Waals surface area contributed by atoms with E-state index >= 15 is 0 Å². The van der Waals surface area contributed by atoms with Gasteiger partial charge in [0.2, 0.25) is 5.78 Å². The lowest BCUT2D eigenvalue weighted by Crippen LogP contribution is -2.24. The fourth-order valence-electron chi connectivity index (χ4n) is 2.96. The van der Waals surface area contributed by atoms with E-state index < -0.39 is 6.10 Å². The standard InChI is InChI=1S/C15H13ClO3/c1-6-4-5-9-7(2)15(18)19-14(9)11-8(3)12(16)13(17)10(6)11/h4-5,11,14H,1-3H3. The summed E-state index contributed by atoms with van der Waals surface area (Å²) in [6.07, 6.45) is 3.32. The summed E-state index contributed by atoms with van der Waals surface area (Å²) in [4.78, 5) is 24.0. The predicted molar refractivity (Wildman–Crippen MR) is 71.5 cm³/mol. The molecule has 4 heteroatoms. The molecule has 0 aromatic rings. The second-order valence-corrected chi connectivity index (χ2v) is 5.52. The highest BCUT2D eigenvalue weighted by Gasteiger charge is 2.46. The van der Waals surface area contributed by atoms with Crippen molar-refractivity contribution in [2.45, 2.75) is 26.9 Å². The van der Waals surface area contributed by atoms with Gasteiger partial charge in [-0.3, -0.25) is 4.79 Å². The molecule has 0 N–H and O–H groups in total. The lowest BCUT2D eigenvalue weighted by molar-refractivity contribution is -0.140. The Kier molecular flexibility index (Phi) is 2.58. The third-order valence-corrected chi connectivity index (χ3v) is 4.56. The lowest BCUT2D eigenvalue weighted by Gasteiger charge is -2.21. The van der Waals surface area contributed by atoms with Crippen molar-refractivity contribution in [1.29, 1.82) is 0 Å². The van der Waals surface area contributed by atoms with Crippen LogP contribution in [-0.4, -0.2) is 17.9 Å². The van der Waals surface area contributed by atoms with Crippen LogP contribution in [0.25, 0.3) is 0 Å². The van der Waals surface area contributed by atoms with E-state index in [1.165, 1.54) is 0 Å². The molecule has 2 unspecified atom stereocenters. The monoisotopic (exact) mass is 276 g/mol. The average Bonchev–Trinajstić information content (AvgIpc) is 2.70. The zero-order valence-electron chi connectivity index (χ0n) is 10.9. The van der Waals surface area contributed by atoms with E-state index in [9.17, 15) is 9.59 Å². The highest BCUT2D eigenvalue weighted by Crippen LogP contribution is 2.46. The summed E-state index contributed by atoms with van der Waals surface area (Å²) >= 11 is 6.08. The smallest absolute Gasteiger partial charge is 0.334 e. The van der Waals surface area contributed by atoms with Gasteiger partial charge >= 0.3 is 5.97 Å². The van der Waals surface area contributed by atoms with Crippen molar-refractivity contribution in [3.8, 4) is 0 Å². The molecule has 0 saturated heterocycles. The molecular formula is C15H13ClO3. The van der Waals surface area contributed by atoms with Gasteiger partial charge in [0.05, 0.1) is 11.0 Å². The molecule has 0 fully saturated rings. The molecule has 98 valence electrons. The molecule has 0 bridgehead atoms. The highest BCUT2D eigenvalue weighted by atomic mass is 35.5. The number of allylic oxidation sites excluding steroid dienone is 3. The van der Waals surface area contributed by atoms with Gasteiger partial charge < -0.3 is 4.74 Å². The Bertz CT molecular complexity index is 646. The number of ketones is 1. The maximum Gasteiger partial charge on any atom is 0.334 e. The third-order valence-electron chi connectivity index (χ3n) is 4.09. The number of rotatable bonds is 0. The number of Topliss-reactive ketones (excluding diaryl/α,β-unsaturated/α-hetero) is 1. The number of carbonyl (C=O) groups excluding carboxylic acids is 2. The molecule has 1 aliphatic heterocycles. The second-order valence-electron chi connectivity index (χ2n) is 5.14. The van der Waals surface area contributed by atoms with Crippen molar-refractivity contribution < 1.29 is 14.3 Å². The zero-order chi connectivity index (χ0) is 13.9. The Hall–Kier alpha value is -1.61. The fraction of sp³-hybridized carbons (Fsp3) is 0.333. The number of fused-ring (bicyclic) bond motifs is 3. The molecule has 2 atom stereocenters. The van der Waals surface area contributed by atoms with Crippen molar-refractivity contribution in [3.63, 3.8) is 0 Å². The Morgan fingerprint density at radius 1 is 1.16 bits per heavy atom. The van der Waals surface area contributed by atoms with Crippen LogP contribution in [0.3, 0.4) is 0 Å². The average molecular weight is 277 g/mol. The maximum atomic E-state index is 12.2. The van der Waals surface area contributed by atoms with E-state index in [2.05, 4.69) is 0 Å². The number of hydrogen-bond acceptors (Lipinski definition) is 3. The van der Waals surface area contributed by atoms with Crippen LogP contribution in [0.4, 0.5) is 0 Å². The molecule has 3 nitrogen and oxygen atoms in total. The number of esters is 1. The highest BCUT2D eigenvalue weighted by molar-refractivity contribution is 6.47. The summed E-state index contributed by atoms with van der Waals surface area (Å²) in [5, 5.41) is 0.259. The molecule has 2 aliphatic carbocycles. The van der Waals surface area contributed by atoms with E-state index in [-0.39, 0.29) is 22.7 Å². The second kappa shape index (κ2) is 3.94. The van der Waals surface area contributed by atoms with E-state index in [1.54, 1.807) is 6.92 Å². The maximum absolute atomic E-state index is 12.2. The summed E-state index contributed by atoms with van der Waals surface area (Å²) in [7, 11) is 0. The van der Waals surface area contributed by atoms with Gasteiger partial charge in [-0.2, -0.15) is 0 Å². The van der Waals surface area contributed by atoms with Crippen LogP contribution < -0.4 is 0 Å². The molecule has 19 heavy (non-hydrogen) atoms. The molecule has 0 amide bonds. The molecule has 0 aromatic carbocycles. The van der Waals surface area contributed by atoms with Crippen LogP contribution in [0.5, 0.6) is 0 Å². The quantitative estimate of drug-likeness (QED) is 0.639. The molecule has 0 radical (unpaired) electrons. The van der Waals surface area contributed by atoms with E-state index in [0.29, 0.717) is 11.1 Å². The van der Waals surface area contributed by atoms with Crippen LogP contribution in [-0.2, 0) is 14.3 Å². The first-order valence-electron chi connectivity index (χ1n) is 6.15. The van der Waals surface area contributed by atoms with Crippen molar-refractivity contribution in [2.75, 3.05) is 0 Å². The van der Waals surface area contributed by atoms with Crippen molar-refractivity contribution in [3.05, 3.63) is 45.0 Å². The lowest BCUT2D eigenvalue weighted by atomic mass is 9.87. The minimum absolute atomic E-state index is 0.145. The SMILES string of the molecule is CC1=C2C(=O)C(Cl)=C(C)C2C2OC(=O)C(C)=C2C=C1. The van der Waals surface area contributed by atoms with Crippen LogP contribution in [0.1, 0.15) is 20.8 Å². The summed E-state index contributed by atoms with van der Waals surface area (Å²) in [5.74, 6) is -0.702. The topological polar surface area (TPSA) is 43.4 Å². The molecule has 3 aliphatic rings. The normalized spacial score (nSPS) is 29.9. The summed E-state index contributed by atoms with van der Waals surface area (Å²) in [5.41, 5.74) is 3.79. The van der Waals surface area contributed by atoms with E-state index in [1.807, 2.05) is 26.0 Å². The molecule has 0 aromatic heterocycles.